The number of nitrogens with zero attached hydrogens (tertiary/aromatic N) is 1. The highest BCUT2D eigenvalue weighted by Gasteiger charge is 2.11. The first-order valence-corrected chi connectivity index (χ1v) is 6.05. The first kappa shape index (κ1) is 13.4. The molecule has 0 radical (unpaired) electrons. The van der Waals surface area contributed by atoms with E-state index in [1.807, 2.05) is 13.0 Å². The Morgan fingerprint density at radius 1 is 1.37 bits per heavy atom. The predicted molar refractivity (Wildman–Crippen MR) is 74.9 cm³/mol. The molecule has 0 aliphatic heterocycles. The van der Waals surface area contributed by atoms with Crippen molar-refractivity contribution < 1.29 is 9.53 Å². The van der Waals surface area contributed by atoms with Crippen LogP contribution in [0.4, 0.5) is 5.69 Å². The number of hydrogen-bond donors (Lipinski definition) is 1. The molecule has 1 amide bonds. The van der Waals surface area contributed by atoms with E-state index < -0.39 is 0 Å². The molecule has 0 bridgehead atoms. The third kappa shape index (κ3) is 3.03. The lowest BCUT2D eigenvalue weighted by atomic mass is 10.2. The molecular weight excluding hydrogens is 264 g/mol. The molecule has 2 rings (SSSR count). The van der Waals surface area contributed by atoms with Gasteiger partial charge in [0.2, 0.25) is 0 Å². The second-order valence-corrected chi connectivity index (χ2v) is 4.40. The summed E-state index contributed by atoms with van der Waals surface area (Å²) in [6.45, 7) is 1.91. The summed E-state index contributed by atoms with van der Waals surface area (Å²) >= 11 is 5.94. The van der Waals surface area contributed by atoms with Crippen LogP contribution < -0.4 is 10.1 Å². The molecule has 0 saturated carbocycles. The monoisotopic (exact) mass is 276 g/mol. The van der Waals surface area contributed by atoms with Crippen LogP contribution in [0.1, 0.15) is 15.9 Å². The van der Waals surface area contributed by atoms with E-state index >= 15 is 0 Å². The number of benzene rings is 1. The summed E-state index contributed by atoms with van der Waals surface area (Å²) in [5.41, 5.74) is 1.97. The summed E-state index contributed by atoms with van der Waals surface area (Å²) < 4.78 is 5.16. The number of carbonyl (C=O) groups is 1. The number of hydrogen-bond acceptors (Lipinski definition) is 3. The number of amides is 1. The molecule has 98 valence electrons. The van der Waals surface area contributed by atoms with Crippen LogP contribution in [0.25, 0.3) is 0 Å². The summed E-state index contributed by atoms with van der Waals surface area (Å²) in [5, 5.41) is 3.15. The quantitative estimate of drug-likeness (QED) is 0.936. The van der Waals surface area contributed by atoms with Crippen LogP contribution in [0.15, 0.2) is 36.7 Å². The summed E-state index contributed by atoms with van der Waals surface area (Å²) in [7, 11) is 1.61. The summed E-state index contributed by atoms with van der Waals surface area (Å²) in [4.78, 5) is 15.9. The van der Waals surface area contributed by atoms with E-state index in [0.717, 1.165) is 11.3 Å². The lowest BCUT2D eigenvalue weighted by Gasteiger charge is -2.09. The number of nitrogens with one attached hydrogen (secondary N) is 1. The molecule has 0 fully saturated rings. The fraction of sp³-hybridized carbons (Fsp3) is 0.143. The van der Waals surface area contributed by atoms with Gasteiger partial charge in [0.05, 0.1) is 17.7 Å². The Morgan fingerprint density at radius 2 is 2.16 bits per heavy atom. The van der Waals surface area contributed by atoms with E-state index in [4.69, 9.17) is 16.3 Å². The van der Waals surface area contributed by atoms with Crippen LogP contribution in [0.5, 0.6) is 5.75 Å². The van der Waals surface area contributed by atoms with E-state index in [2.05, 4.69) is 10.3 Å². The van der Waals surface area contributed by atoms with E-state index in [-0.39, 0.29) is 5.91 Å². The molecule has 5 heteroatoms. The van der Waals surface area contributed by atoms with E-state index in [9.17, 15) is 4.79 Å². The fourth-order valence-corrected chi connectivity index (χ4v) is 1.89. The number of anilines is 1. The van der Waals surface area contributed by atoms with Crippen molar-refractivity contribution in [2.75, 3.05) is 12.4 Å². The highest BCUT2D eigenvalue weighted by Crippen LogP contribution is 2.22. The maximum atomic E-state index is 12.0. The van der Waals surface area contributed by atoms with Gasteiger partial charge in [-0.1, -0.05) is 11.6 Å². The average molecular weight is 277 g/mol. The van der Waals surface area contributed by atoms with Gasteiger partial charge in [-0.15, -0.1) is 0 Å². The zero-order chi connectivity index (χ0) is 13.8. The number of ether oxygens (including phenoxy) is 1. The first-order valence-electron chi connectivity index (χ1n) is 5.67. The van der Waals surface area contributed by atoms with Crippen molar-refractivity contribution in [3.63, 3.8) is 0 Å². The predicted octanol–water partition coefficient (Wildman–Crippen LogP) is 3.30. The lowest BCUT2D eigenvalue weighted by molar-refractivity contribution is 0.102. The number of halogens is 1. The molecule has 1 heterocycles. The number of methoxy groups -OCH3 is 1. The molecule has 1 aromatic carbocycles. The van der Waals surface area contributed by atoms with E-state index in [1.54, 1.807) is 25.3 Å². The van der Waals surface area contributed by atoms with Crippen molar-refractivity contribution in [3.05, 3.63) is 52.8 Å². The van der Waals surface area contributed by atoms with Gasteiger partial charge in [0.15, 0.2) is 0 Å². The summed E-state index contributed by atoms with van der Waals surface area (Å²) in [6.07, 6.45) is 2.98. The van der Waals surface area contributed by atoms with Crippen molar-refractivity contribution in [3.8, 4) is 5.75 Å². The lowest BCUT2D eigenvalue weighted by Crippen LogP contribution is -2.12. The van der Waals surface area contributed by atoms with Crippen molar-refractivity contribution in [2.45, 2.75) is 6.92 Å². The molecule has 19 heavy (non-hydrogen) atoms. The standard InChI is InChI=1S/C14H13ClN2O2/c1-9-7-10(3-4-13(9)19-2)17-14(18)11-8-16-6-5-12(11)15/h3-8H,1-2H3,(H,17,18). The number of aryl methyl sites for hydroxylation is 1. The van der Waals surface area contributed by atoms with Gasteiger partial charge in [0.1, 0.15) is 5.75 Å². The SMILES string of the molecule is COc1ccc(NC(=O)c2cnccc2Cl)cc1C. The Bertz CT molecular complexity index is 614. The molecule has 0 unspecified atom stereocenters. The van der Waals surface area contributed by atoms with Crippen LogP contribution >= 0.6 is 11.6 Å². The largest absolute Gasteiger partial charge is 0.496 e. The van der Waals surface area contributed by atoms with E-state index in [0.29, 0.717) is 16.3 Å². The maximum absolute atomic E-state index is 12.0. The normalized spacial score (nSPS) is 10.1. The van der Waals surface area contributed by atoms with Gasteiger partial charge in [-0.05, 0) is 36.8 Å². The Kier molecular flexibility index (Phi) is 4.02. The Labute approximate surface area is 116 Å². The molecule has 2 aromatic rings. The Hall–Kier alpha value is -2.07. The highest BCUT2D eigenvalue weighted by atomic mass is 35.5. The highest BCUT2D eigenvalue weighted by molar-refractivity contribution is 6.34. The Morgan fingerprint density at radius 3 is 2.79 bits per heavy atom. The maximum Gasteiger partial charge on any atom is 0.258 e. The summed E-state index contributed by atoms with van der Waals surface area (Å²) in [6, 6.07) is 6.99. The molecule has 0 atom stereocenters. The van der Waals surface area contributed by atoms with Crippen molar-refractivity contribution in [2.24, 2.45) is 0 Å². The molecule has 0 aliphatic carbocycles. The van der Waals surface area contributed by atoms with Crippen molar-refractivity contribution in [1.82, 2.24) is 4.98 Å². The molecule has 1 aromatic heterocycles. The van der Waals surface area contributed by atoms with Gasteiger partial charge >= 0.3 is 0 Å². The minimum absolute atomic E-state index is 0.289. The Balaban J connectivity index is 2.20. The molecule has 1 N–H and O–H groups in total. The minimum Gasteiger partial charge on any atom is -0.496 e. The van der Waals surface area contributed by atoms with Crippen LogP contribution in [0, 0.1) is 6.92 Å². The van der Waals surface area contributed by atoms with Crippen molar-refractivity contribution >= 4 is 23.2 Å². The molecular formula is C14H13ClN2O2. The van der Waals surface area contributed by atoms with Gasteiger partial charge < -0.3 is 10.1 Å². The van der Waals surface area contributed by atoms with Gasteiger partial charge in [0.25, 0.3) is 5.91 Å². The smallest absolute Gasteiger partial charge is 0.258 e. The third-order valence-corrected chi connectivity index (χ3v) is 2.99. The van der Waals surface area contributed by atoms with Gasteiger partial charge in [-0.2, -0.15) is 0 Å². The molecule has 0 saturated heterocycles. The number of pyridine rings is 1. The zero-order valence-corrected chi connectivity index (χ0v) is 11.4. The minimum atomic E-state index is -0.289. The molecule has 4 nitrogen and oxygen atoms in total. The number of rotatable bonds is 3. The molecule has 0 aliphatic rings. The number of carbonyl (C=O) groups excluding carboxylic acids is 1. The first-order chi connectivity index (χ1) is 9.11. The zero-order valence-electron chi connectivity index (χ0n) is 10.6. The van der Waals surface area contributed by atoms with Gasteiger partial charge in [0, 0.05) is 18.1 Å². The van der Waals surface area contributed by atoms with Crippen LogP contribution in [-0.2, 0) is 0 Å². The van der Waals surface area contributed by atoms with Crippen LogP contribution in [0.2, 0.25) is 5.02 Å². The second-order valence-electron chi connectivity index (χ2n) is 3.99. The van der Waals surface area contributed by atoms with Crippen LogP contribution in [-0.4, -0.2) is 18.0 Å². The third-order valence-electron chi connectivity index (χ3n) is 2.67. The average Bonchev–Trinajstić information content (AvgIpc) is 2.39. The fourth-order valence-electron chi connectivity index (χ4n) is 1.70. The van der Waals surface area contributed by atoms with Gasteiger partial charge in [-0.25, -0.2) is 0 Å². The molecule has 0 spiro atoms. The van der Waals surface area contributed by atoms with Gasteiger partial charge in [-0.3, -0.25) is 9.78 Å². The van der Waals surface area contributed by atoms with E-state index in [1.165, 1.54) is 12.4 Å². The van der Waals surface area contributed by atoms with Crippen molar-refractivity contribution in [1.29, 1.82) is 0 Å². The second kappa shape index (κ2) is 5.71. The number of aromatic nitrogens is 1. The van der Waals surface area contributed by atoms with Crippen LogP contribution in [0.3, 0.4) is 0 Å². The summed E-state index contributed by atoms with van der Waals surface area (Å²) in [5.74, 6) is 0.486. The topological polar surface area (TPSA) is 51.2 Å².